The molecule has 7 nitrogen and oxygen atoms in total. The van der Waals surface area contributed by atoms with Crippen LogP contribution in [0.1, 0.15) is 24.4 Å². The molecule has 3 aromatic rings. The minimum Gasteiger partial charge on any atom is -0.497 e. The molecule has 2 aromatic carbocycles. The minimum atomic E-state index is -0.183. The van der Waals surface area contributed by atoms with Gasteiger partial charge < -0.3 is 14.4 Å². The van der Waals surface area contributed by atoms with Crippen LogP contribution >= 0.6 is 0 Å². The molecule has 1 amide bonds. The van der Waals surface area contributed by atoms with Crippen LogP contribution in [0.4, 0.5) is 0 Å². The van der Waals surface area contributed by atoms with Crippen LogP contribution < -0.4 is 15.2 Å². The van der Waals surface area contributed by atoms with Crippen molar-refractivity contribution in [3.63, 3.8) is 0 Å². The number of likely N-dealkylation sites (tertiary alicyclic amines) is 1. The Bertz CT molecular complexity index is 1110. The van der Waals surface area contributed by atoms with Crippen molar-refractivity contribution < 1.29 is 14.3 Å². The van der Waals surface area contributed by atoms with Gasteiger partial charge in [-0.2, -0.15) is 0 Å². The van der Waals surface area contributed by atoms with Crippen LogP contribution in [0.25, 0.3) is 11.0 Å². The normalized spacial score (nSPS) is 16.4. The largest absolute Gasteiger partial charge is 0.497 e. The molecule has 152 valence electrons. The fourth-order valence-corrected chi connectivity index (χ4v) is 4.22. The molecule has 1 aromatic heterocycles. The van der Waals surface area contributed by atoms with E-state index in [0.717, 1.165) is 29.4 Å². The molecular formula is C22H25N3O4. The van der Waals surface area contributed by atoms with Gasteiger partial charge in [-0.1, -0.05) is 12.1 Å². The van der Waals surface area contributed by atoms with Gasteiger partial charge in [0.25, 0.3) is 0 Å². The second-order valence-electron chi connectivity index (χ2n) is 7.27. The summed E-state index contributed by atoms with van der Waals surface area (Å²) in [5, 5.41) is 0. The zero-order valence-electron chi connectivity index (χ0n) is 16.9. The molecule has 1 saturated heterocycles. The number of nitrogens with zero attached hydrogens (tertiary/aromatic N) is 3. The van der Waals surface area contributed by atoms with E-state index in [9.17, 15) is 9.59 Å². The number of aryl methyl sites for hydroxylation is 1. The number of carbonyl (C=O) groups excluding carboxylic acids is 1. The lowest BCUT2D eigenvalue weighted by atomic mass is 10.0. The number of benzene rings is 2. The first-order valence-electron chi connectivity index (χ1n) is 9.70. The van der Waals surface area contributed by atoms with Gasteiger partial charge in [-0.15, -0.1) is 0 Å². The highest BCUT2D eigenvalue weighted by molar-refractivity contribution is 5.81. The summed E-state index contributed by atoms with van der Waals surface area (Å²) in [4.78, 5) is 27.8. The highest BCUT2D eigenvalue weighted by Crippen LogP contribution is 2.38. The molecule has 1 aliphatic heterocycles. The van der Waals surface area contributed by atoms with E-state index >= 15 is 0 Å². The lowest BCUT2D eigenvalue weighted by Gasteiger charge is -2.26. The number of hydrogen-bond donors (Lipinski definition) is 0. The SMILES string of the molecule is COc1ccc(C2CCCN2C(=O)Cn2c(=O)n(C)c3ccccc32)c(OC)c1. The Labute approximate surface area is 169 Å². The Morgan fingerprint density at radius 3 is 2.59 bits per heavy atom. The van der Waals surface area contributed by atoms with Gasteiger partial charge in [0.05, 0.1) is 31.3 Å². The van der Waals surface area contributed by atoms with Crippen LogP contribution in [0, 0.1) is 0 Å². The highest BCUT2D eigenvalue weighted by atomic mass is 16.5. The van der Waals surface area contributed by atoms with E-state index < -0.39 is 0 Å². The van der Waals surface area contributed by atoms with Gasteiger partial charge in [0.1, 0.15) is 18.0 Å². The second-order valence-corrected chi connectivity index (χ2v) is 7.27. The van der Waals surface area contributed by atoms with Crippen LogP contribution in [-0.4, -0.2) is 40.7 Å². The molecule has 1 aliphatic rings. The molecule has 0 spiro atoms. The van der Waals surface area contributed by atoms with Crippen molar-refractivity contribution in [2.24, 2.45) is 7.05 Å². The molecule has 4 rings (SSSR count). The summed E-state index contributed by atoms with van der Waals surface area (Å²) in [5.74, 6) is 1.35. The van der Waals surface area contributed by atoms with Crippen molar-refractivity contribution >= 4 is 16.9 Å². The summed E-state index contributed by atoms with van der Waals surface area (Å²) in [6.07, 6.45) is 1.77. The van der Waals surface area contributed by atoms with E-state index in [4.69, 9.17) is 9.47 Å². The number of rotatable bonds is 5. The van der Waals surface area contributed by atoms with Crippen molar-refractivity contribution in [3.8, 4) is 11.5 Å². The molecule has 0 radical (unpaired) electrons. The number of para-hydroxylation sites is 2. The maximum Gasteiger partial charge on any atom is 0.329 e. The summed E-state index contributed by atoms with van der Waals surface area (Å²) < 4.78 is 14.0. The van der Waals surface area contributed by atoms with Gasteiger partial charge in [0, 0.05) is 25.2 Å². The molecule has 0 saturated carbocycles. The zero-order chi connectivity index (χ0) is 20.5. The molecular weight excluding hydrogens is 370 g/mol. The molecule has 0 N–H and O–H groups in total. The Morgan fingerprint density at radius 1 is 1.10 bits per heavy atom. The molecule has 0 aliphatic carbocycles. The lowest BCUT2D eigenvalue weighted by Crippen LogP contribution is -2.36. The predicted molar refractivity (Wildman–Crippen MR) is 110 cm³/mol. The third-order valence-corrected chi connectivity index (χ3v) is 5.72. The van der Waals surface area contributed by atoms with E-state index in [0.29, 0.717) is 18.0 Å². The van der Waals surface area contributed by atoms with Gasteiger partial charge in [-0.25, -0.2) is 4.79 Å². The molecule has 7 heteroatoms. The van der Waals surface area contributed by atoms with Gasteiger partial charge in [-0.3, -0.25) is 13.9 Å². The number of fused-ring (bicyclic) bond motifs is 1. The van der Waals surface area contributed by atoms with Gasteiger partial charge in [0.15, 0.2) is 0 Å². The second kappa shape index (κ2) is 7.66. The standard InChI is InChI=1S/C22H25N3O4/c1-23-18-7-4-5-8-19(18)25(22(23)27)14-21(26)24-12-6-9-17(24)16-11-10-15(28-2)13-20(16)29-3/h4-5,7-8,10-11,13,17H,6,9,12,14H2,1-3H3. The van der Waals surface area contributed by atoms with E-state index in [1.165, 1.54) is 0 Å². The van der Waals surface area contributed by atoms with E-state index in [1.54, 1.807) is 30.4 Å². The summed E-state index contributed by atoms with van der Waals surface area (Å²) in [6, 6.07) is 13.1. The molecule has 1 atom stereocenters. The van der Waals surface area contributed by atoms with Crippen molar-refractivity contribution in [2.45, 2.75) is 25.4 Å². The first-order chi connectivity index (χ1) is 14.0. The first kappa shape index (κ1) is 19.1. The maximum atomic E-state index is 13.2. The van der Waals surface area contributed by atoms with E-state index in [-0.39, 0.29) is 24.2 Å². The Hall–Kier alpha value is -3.22. The van der Waals surface area contributed by atoms with Crippen LogP contribution in [0.2, 0.25) is 0 Å². The summed E-state index contributed by atoms with van der Waals surface area (Å²) in [6.45, 7) is 0.688. The number of carbonyl (C=O) groups is 1. The molecule has 29 heavy (non-hydrogen) atoms. The Balaban J connectivity index is 1.65. The molecule has 1 fully saturated rings. The number of methoxy groups -OCH3 is 2. The summed E-state index contributed by atoms with van der Waals surface area (Å²) >= 11 is 0. The quantitative estimate of drug-likeness (QED) is 0.666. The van der Waals surface area contributed by atoms with E-state index in [2.05, 4.69) is 0 Å². The molecule has 0 bridgehead atoms. The van der Waals surface area contributed by atoms with Crippen molar-refractivity contribution in [1.29, 1.82) is 0 Å². The number of ether oxygens (including phenoxy) is 2. The number of hydrogen-bond acceptors (Lipinski definition) is 4. The maximum absolute atomic E-state index is 13.2. The van der Waals surface area contributed by atoms with Crippen molar-refractivity contribution in [2.75, 3.05) is 20.8 Å². The van der Waals surface area contributed by atoms with Crippen molar-refractivity contribution in [1.82, 2.24) is 14.0 Å². The number of aromatic nitrogens is 2. The van der Waals surface area contributed by atoms with Crippen LogP contribution in [-0.2, 0) is 18.4 Å². The zero-order valence-corrected chi connectivity index (χ0v) is 16.9. The average Bonchev–Trinajstić information content (AvgIpc) is 3.33. The predicted octanol–water partition coefficient (Wildman–Crippen LogP) is 2.72. The molecule has 1 unspecified atom stereocenters. The monoisotopic (exact) mass is 395 g/mol. The fraction of sp³-hybridized carbons (Fsp3) is 0.364. The highest BCUT2D eigenvalue weighted by Gasteiger charge is 2.32. The van der Waals surface area contributed by atoms with Crippen LogP contribution in [0.5, 0.6) is 11.5 Å². The smallest absolute Gasteiger partial charge is 0.329 e. The van der Waals surface area contributed by atoms with Gasteiger partial charge >= 0.3 is 5.69 Å². The Morgan fingerprint density at radius 2 is 1.86 bits per heavy atom. The van der Waals surface area contributed by atoms with Gasteiger partial charge in [0.2, 0.25) is 5.91 Å². The summed E-state index contributed by atoms with van der Waals surface area (Å²) in [5.41, 5.74) is 2.37. The van der Waals surface area contributed by atoms with E-state index in [1.807, 2.05) is 47.4 Å². The first-order valence-corrected chi connectivity index (χ1v) is 9.70. The number of amides is 1. The third kappa shape index (κ3) is 3.26. The number of imidazole rings is 1. The Kier molecular flexibility index (Phi) is 5.05. The summed E-state index contributed by atoms with van der Waals surface area (Å²) in [7, 11) is 4.96. The topological polar surface area (TPSA) is 65.7 Å². The lowest BCUT2D eigenvalue weighted by molar-refractivity contribution is -0.132. The molecule has 2 heterocycles. The minimum absolute atomic E-state index is 0.0230. The van der Waals surface area contributed by atoms with Crippen molar-refractivity contribution in [3.05, 3.63) is 58.5 Å². The van der Waals surface area contributed by atoms with Gasteiger partial charge in [-0.05, 0) is 37.1 Å². The third-order valence-electron chi connectivity index (χ3n) is 5.72. The van der Waals surface area contributed by atoms with Crippen LogP contribution in [0.15, 0.2) is 47.3 Å². The van der Waals surface area contributed by atoms with Crippen LogP contribution in [0.3, 0.4) is 0 Å². The fourth-order valence-electron chi connectivity index (χ4n) is 4.22. The average molecular weight is 395 g/mol.